The smallest absolute Gasteiger partial charge is 0.142 e. The van der Waals surface area contributed by atoms with Crippen molar-refractivity contribution in [1.82, 2.24) is 10.3 Å². The zero-order valence-corrected chi connectivity index (χ0v) is 11.6. The van der Waals surface area contributed by atoms with Crippen molar-refractivity contribution in [2.75, 3.05) is 13.7 Å². The van der Waals surface area contributed by atoms with Gasteiger partial charge in [-0.2, -0.15) is 0 Å². The predicted octanol–water partition coefficient (Wildman–Crippen LogP) is 3.55. The van der Waals surface area contributed by atoms with Crippen molar-refractivity contribution < 1.29 is 4.74 Å². The largest absolute Gasteiger partial charge is 0.495 e. The number of hydrogen-bond donors (Lipinski definition) is 2. The van der Waals surface area contributed by atoms with Crippen LogP contribution in [0.15, 0.2) is 18.2 Å². The third-order valence-corrected chi connectivity index (χ3v) is 3.39. The van der Waals surface area contributed by atoms with E-state index in [-0.39, 0.29) is 0 Å². The lowest BCUT2D eigenvalue weighted by molar-refractivity contribution is 0.419. The number of H-pyrrole nitrogens is 1. The highest BCUT2D eigenvalue weighted by Crippen LogP contribution is 2.32. The Morgan fingerprint density at radius 3 is 2.83 bits per heavy atom. The van der Waals surface area contributed by atoms with Gasteiger partial charge in [0.15, 0.2) is 0 Å². The van der Waals surface area contributed by atoms with E-state index in [4.69, 9.17) is 4.74 Å². The quantitative estimate of drug-likeness (QED) is 0.846. The second-order valence-electron chi connectivity index (χ2n) is 4.72. The predicted molar refractivity (Wildman–Crippen MR) is 76.3 cm³/mol. The Bertz CT molecular complexity index is 531. The lowest BCUT2D eigenvalue weighted by Crippen LogP contribution is -2.19. The van der Waals surface area contributed by atoms with E-state index in [1.807, 2.05) is 12.1 Å². The number of aromatic nitrogens is 1. The number of aryl methyl sites for hydroxylation is 1. The van der Waals surface area contributed by atoms with Crippen molar-refractivity contribution in [2.45, 2.75) is 33.2 Å². The second kappa shape index (κ2) is 5.44. The van der Waals surface area contributed by atoms with Crippen LogP contribution in [0.1, 0.15) is 37.6 Å². The molecular formula is C15H22N2O. The summed E-state index contributed by atoms with van der Waals surface area (Å²) in [5, 5.41) is 4.80. The van der Waals surface area contributed by atoms with Crippen LogP contribution in [0, 0.1) is 6.92 Å². The summed E-state index contributed by atoms with van der Waals surface area (Å²) in [6.07, 6.45) is 1.15. The molecule has 1 aromatic carbocycles. The maximum absolute atomic E-state index is 5.41. The molecule has 0 saturated carbocycles. The van der Waals surface area contributed by atoms with Crippen LogP contribution in [-0.4, -0.2) is 18.6 Å². The maximum atomic E-state index is 5.41. The molecule has 0 aliphatic carbocycles. The van der Waals surface area contributed by atoms with Gasteiger partial charge in [-0.05, 0) is 38.4 Å². The van der Waals surface area contributed by atoms with Gasteiger partial charge < -0.3 is 15.0 Å². The average molecular weight is 246 g/mol. The minimum Gasteiger partial charge on any atom is -0.495 e. The van der Waals surface area contributed by atoms with Crippen LogP contribution in [0.5, 0.6) is 5.75 Å². The average Bonchev–Trinajstić information content (AvgIpc) is 2.71. The summed E-state index contributed by atoms with van der Waals surface area (Å²) in [7, 11) is 1.71. The van der Waals surface area contributed by atoms with Gasteiger partial charge in [-0.25, -0.2) is 0 Å². The fourth-order valence-electron chi connectivity index (χ4n) is 2.53. The van der Waals surface area contributed by atoms with Gasteiger partial charge in [0.25, 0.3) is 0 Å². The summed E-state index contributed by atoms with van der Waals surface area (Å²) in [6.45, 7) is 7.56. The Morgan fingerprint density at radius 1 is 1.39 bits per heavy atom. The van der Waals surface area contributed by atoms with Gasteiger partial charge in [0, 0.05) is 17.1 Å². The molecular weight excluding hydrogens is 224 g/mol. The molecule has 3 nitrogen and oxygen atoms in total. The molecule has 1 atom stereocenters. The first-order valence-electron chi connectivity index (χ1n) is 6.57. The summed E-state index contributed by atoms with van der Waals surface area (Å²) in [6, 6.07) is 6.54. The molecule has 0 fully saturated rings. The summed E-state index contributed by atoms with van der Waals surface area (Å²) >= 11 is 0. The van der Waals surface area contributed by atoms with E-state index >= 15 is 0 Å². The number of rotatable bonds is 5. The highest BCUT2D eigenvalue weighted by Gasteiger charge is 2.16. The van der Waals surface area contributed by atoms with E-state index in [1.54, 1.807) is 7.11 Å². The van der Waals surface area contributed by atoms with Crippen molar-refractivity contribution in [3.05, 3.63) is 29.5 Å². The van der Waals surface area contributed by atoms with Crippen LogP contribution in [-0.2, 0) is 0 Å². The van der Waals surface area contributed by atoms with Crippen LogP contribution < -0.4 is 10.1 Å². The lowest BCUT2D eigenvalue weighted by atomic mass is 10.0. The fourth-order valence-corrected chi connectivity index (χ4v) is 2.53. The van der Waals surface area contributed by atoms with Gasteiger partial charge in [0.1, 0.15) is 5.75 Å². The first kappa shape index (κ1) is 13.0. The van der Waals surface area contributed by atoms with Crippen molar-refractivity contribution in [2.24, 2.45) is 0 Å². The molecule has 0 spiro atoms. The molecule has 0 radical (unpaired) electrons. The summed E-state index contributed by atoms with van der Waals surface area (Å²) in [5.74, 6) is 0.907. The Kier molecular flexibility index (Phi) is 3.92. The first-order valence-corrected chi connectivity index (χ1v) is 6.57. The molecule has 18 heavy (non-hydrogen) atoms. The standard InChI is InChI=1S/C15H22N2O/c1-5-9-16-10(2)14-11(3)17-15-12(14)7-6-8-13(15)18-4/h6-8,10,16-17H,5,9H2,1-4H3. The molecule has 0 amide bonds. The lowest BCUT2D eigenvalue weighted by Gasteiger charge is -2.14. The van der Waals surface area contributed by atoms with Crippen LogP contribution in [0.25, 0.3) is 10.9 Å². The third kappa shape index (κ3) is 2.23. The third-order valence-electron chi connectivity index (χ3n) is 3.39. The van der Waals surface area contributed by atoms with E-state index in [2.05, 4.69) is 37.1 Å². The van der Waals surface area contributed by atoms with Crippen LogP contribution >= 0.6 is 0 Å². The fraction of sp³-hybridized carbons (Fsp3) is 0.467. The Morgan fingerprint density at radius 2 is 2.17 bits per heavy atom. The molecule has 2 rings (SSSR count). The number of hydrogen-bond acceptors (Lipinski definition) is 2. The topological polar surface area (TPSA) is 37.0 Å². The number of para-hydroxylation sites is 1. The van der Waals surface area contributed by atoms with E-state index < -0.39 is 0 Å². The van der Waals surface area contributed by atoms with Crippen molar-refractivity contribution >= 4 is 10.9 Å². The maximum Gasteiger partial charge on any atom is 0.142 e. The molecule has 1 heterocycles. The summed E-state index contributed by atoms with van der Waals surface area (Å²) < 4.78 is 5.41. The molecule has 0 saturated heterocycles. The van der Waals surface area contributed by atoms with Gasteiger partial charge >= 0.3 is 0 Å². The van der Waals surface area contributed by atoms with Crippen LogP contribution in [0.4, 0.5) is 0 Å². The molecule has 0 aliphatic heterocycles. The van der Waals surface area contributed by atoms with Crippen molar-refractivity contribution in [3.8, 4) is 5.75 Å². The molecule has 0 aliphatic rings. The molecule has 2 N–H and O–H groups in total. The molecule has 1 unspecified atom stereocenters. The Hall–Kier alpha value is -1.48. The molecule has 0 bridgehead atoms. The minimum absolute atomic E-state index is 0.353. The molecule has 3 heteroatoms. The zero-order chi connectivity index (χ0) is 13.1. The van der Waals surface area contributed by atoms with E-state index in [1.165, 1.54) is 16.6 Å². The van der Waals surface area contributed by atoms with E-state index in [9.17, 15) is 0 Å². The van der Waals surface area contributed by atoms with Gasteiger partial charge in [0.2, 0.25) is 0 Å². The first-order chi connectivity index (χ1) is 8.69. The number of methoxy groups -OCH3 is 1. The zero-order valence-electron chi connectivity index (χ0n) is 11.6. The molecule has 1 aromatic heterocycles. The number of benzene rings is 1. The summed E-state index contributed by atoms with van der Waals surface area (Å²) in [5.41, 5.74) is 3.65. The minimum atomic E-state index is 0.353. The SMILES string of the molecule is CCCNC(C)c1c(C)[nH]c2c(OC)cccc12. The van der Waals surface area contributed by atoms with E-state index in [0.29, 0.717) is 6.04 Å². The monoisotopic (exact) mass is 246 g/mol. The van der Waals surface area contributed by atoms with Crippen molar-refractivity contribution in [1.29, 1.82) is 0 Å². The van der Waals surface area contributed by atoms with E-state index in [0.717, 1.165) is 24.2 Å². The van der Waals surface area contributed by atoms with Crippen LogP contribution in [0.3, 0.4) is 0 Å². The Labute approximate surface area is 109 Å². The van der Waals surface area contributed by atoms with Gasteiger partial charge in [-0.15, -0.1) is 0 Å². The second-order valence-corrected chi connectivity index (χ2v) is 4.72. The highest BCUT2D eigenvalue weighted by atomic mass is 16.5. The number of nitrogens with one attached hydrogen (secondary N) is 2. The Balaban J connectivity index is 2.47. The normalized spacial score (nSPS) is 12.9. The number of aromatic amines is 1. The highest BCUT2D eigenvalue weighted by molar-refractivity contribution is 5.90. The number of fused-ring (bicyclic) bond motifs is 1. The van der Waals surface area contributed by atoms with Crippen molar-refractivity contribution in [3.63, 3.8) is 0 Å². The molecule has 98 valence electrons. The van der Waals surface area contributed by atoms with Gasteiger partial charge in [0.05, 0.1) is 12.6 Å². The molecule has 2 aromatic rings. The van der Waals surface area contributed by atoms with Gasteiger partial charge in [-0.3, -0.25) is 0 Å². The summed E-state index contributed by atoms with van der Waals surface area (Å²) in [4.78, 5) is 3.44. The number of ether oxygens (including phenoxy) is 1. The van der Waals surface area contributed by atoms with Gasteiger partial charge in [-0.1, -0.05) is 19.1 Å². The van der Waals surface area contributed by atoms with Crippen LogP contribution in [0.2, 0.25) is 0 Å².